The van der Waals surface area contributed by atoms with Crippen LogP contribution >= 0.6 is 0 Å². The Labute approximate surface area is 114 Å². The zero-order valence-electron chi connectivity index (χ0n) is 11.0. The van der Waals surface area contributed by atoms with Crippen molar-refractivity contribution in [3.05, 3.63) is 35.4 Å². The molecule has 1 aliphatic heterocycles. The normalized spacial score (nSPS) is 18.4. The Balaban J connectivity index is 2.27. The zero-order chi connectivity index (χ0) is 14.9. The predicted octanol–water partition coefficient (Wildman–Crippen LogP) is 2.58. The number of rotatable bonds is 2. The first-order chi connectivity index (χ1) is 9.40. The van der Waals surface area contributed by atoms with Crippen molar-refractivity contribution >= 4 is 12.1 Å². The first-order valence-electron chi connectivity index (χ1n) is 6.11. The minimum atomic E-state index is -1.04. The molecule has 0 bridgehead atoms. The molecule has 1 atom stereocenters. The number of carbonyl (C=O) groups excluding carboxylic acids is 2. The Morgan fingerprint density at radius 3 is 2.70 bits per heavy atom. The lowest BCUT2D eigenvalue weighted by molar-refractivity contribution is 0.157. The van der Waals surface area contributed by atoms with E-state index in [9.17, 15) is 18.4 Å². The summed E-state index contributed by atoms with van der Waals surface area (Å²) in [5.41, 5.74) is 0.300. The Morgan fingerprint density at radius 1 is 1.40 bits per heavy atom. The van der Waals surface area contributed by atoms with Gasteiger partial charge in [-0.05, 0) is 31.5 Å². The van der Waals surface area contributed by atoms with Crippen LogP contribution < -0.4 is 5.32 Å². The van der Waals surface area contributed by atoms with Crippen LogP contribution in [0.4, 0.5) is 18.4 Å². The molecule has 0 aliphatic carbocycles. The standard InChI is InChI=1S/C13H14F2N2O3/c1-7(2)16-12(18)17-11(6-20-13(17)19)8-3-4-9(14)10(15)5-8/h3-5,7,11H,6H2,1-2H3,(H,16,18). The first kappa shape index (κ1) is 14.2. The molecule has 20 heavy (non-hydrogen) atoms. The molecule has 1 N–H and O–H groups in total. The van der Waals surface area contributed by atoms with Crippen molar-refractivity contribution in [2.24, 2.45) is 0 Å². The number of halogens is 2. The van der Waals surface area contributed by atoms with Gasteiger partial charge < -0.3 is 10.1 Å². The summed E-state index contributed by atoms with van der Waals surface area (Å²) < 4.78 is 31.0. The number of imide groups is 1. The summed E-state index contributed by atoms with van der Waals surface area (Å²) in [6, 6.07) is 1.67. The summed E-state index contributed by atoms with van der Waals surface area (Å²) in [4.78, 5) is 24.4. The number of urea groups is 1. The van der Waals surface area contributed by atoms with Gasteiger partial charge in [0.05, 0.1) is 0 Å². The summed E-state index contributed by atoms with van der Waals surface area (Å²) >= 11 is 0. The molecular weight excluding hydrogens is 270 g/mol. The van der Waals surface area contributed by atoms with E-state index in [0.717, 1.165) is 17.0 Å². The van der Waals surface area contributed by atoms with Crippen LogP contribution in [0, 0.1) is 11.6 Å². The predicted molar refractivity (Wildman–Crippen MR) is 66.0 cm³/mol. The van der Waals surface area contributed by atoms with Gasteiger partial charge in [-0.1, -0.05) is 6.07 Å². The third-order valence-corrected chi connectivity index (χ3v) is 2.83. The average molecular weight is 284 g/mol. The number of hydrogen-bond acceptors (Lipinski definition) is 3. The SMILES string of the molecule is CC(C)NC(=O)N1C(=O)OCC1c1ccc(F)c(F)c1. The topological polar surface area (TPSA) is 58.6 Å². The second-order valence-electron chi connectivity index (χ2n) is 4.74. The fraction of sp³-hybridized carbons (Fsp3) is 0.385. The number of amides is 3. The van der Waals surface area contributed by atoms with E-state index in [0.29, 0.717) is 5.56 Å². The molecule has 1 saturated heterocycles. The molecule has 1 aromatic rings. The maximum atomic E-state index is 13.2. The van der Waals surface area contributed by atoms with Gasteiger partial charge in [-0.3, -0.25) is 0 Å². The summed E-state index contributed by atoms with van der Waals surface area (Å²) in [7, 11) is 0. The van der Waals surface area contributed by atoms with Crippen LogP contribution in [0.25, 0.3) is 0 Å². The molecule has 1 heterocycles. The number of ether oxygens (including phenoxy) is 1. The summed E-state index contributed by atoms with van der Waals surface area (Å²) in [5.74, 6) is -2.02. The Kier molecular flexibility index (Phi) is 3.87. The summed E-state index contributed by atoms with van der Waals surface area (Å²) in [6.45, 7) is 3.40. The van der Waals surface area contributed by atoms with Crippen LogP contribution in [0.5, 0.6) is 0 Å². The second kappa shape index (κ2) is 5.44. The molecule has 1 unspecified atom stereocenters. The summed E-state index contributed by atoms with van der Waals surface area (Å²) in [5, 5.41) is 2.56. The van der Waals surface area contributed by atoms with Gasteiger partial charge in [0.25, 0.3) is 0 Å². The highest BCUT2D eigenvalue weighted by atomic mass is 19.2. The first-order valence-corrected chi connectivity index (χ1v) is 6.11. The Morgan fingerprint density at radius 2 is 2.10 bits per heavy atom. The number of benzene rings is 1. The average Bonchev–Trinajstić information content (AvgIpc) is 2.74. The van der Waals surface area contributed by atoms with Gasteiger partial charge in [0.15, 0.2) is 11.6 Å². The van der Waals surface area contributed by atoms with Crippen LogP contribution in [0.2, 0.25) is 0 Å². The molecule has 1 aromatic carbocycles. The molecule has 7 heteroatoms. The highest BCUT2D eigenvalue weighted by molar-refractivity contribution is 5.92. The van der Waals surface area contributed by atoms with E-state index in [4.69, 9.17) is 4.74 Å². The monoisotopic (exact) mass is 284 g/mol. The largest absolute Gasteiger partial charge is 0.446 e. The Hall–Kier alpha value is -2.18. The van der Waals surface area contributed by atoms with Gasteiger partial charge >= 0.3 is 12.1 Å². The van der Waals surface area contributed by atoms with Crippen LogP contribution in [0.3, 0.4) is 0 Å². The molecular formula is C13H14F2N2O3. The van der Waals surface area contributed by atoms with Crippen LogP contribution in [-0.4, -0.2) is 29.7 Å². The number of nitrogens with one attached hydrogen (secondary N) is 1. The fourth-order valence-electron chi connectivity index (χ4n) is 1.93. The van der Waals surface area contributed by atoms with Gasteiger partial charge in [0, 0.05) is 6.04 Å². The second-order valence-corrected chi connectivity index (χ2v) is 4.74. The van der Waals surface area contributed by atoms with Gasteiger partial charge in [0.2, 0.25) is 0 Å². The molecule has 5 nitrogen and oxygen atoms in total. The molecule has 3 amide bonds. The maximum absolute atomic E-state index is 13.2. The van der Waals surface area contributed by atoms with Gasteiger partial charge in [-0.2, -0.15) is 0 Å². The van der Waals surface area contributed by atoms with Gasteiger partial charge in [-0.15, -0.1) is 0 Å². The summed E-state index contributed by atoms with van der Waals surface area (Å²) in [6.07, 6.45) is -0.808. The van der Waals surface area contributed by atoms with E-state index in [1.54, 1.807) is 13.8 Å². The van der Waals surface area contributed by atoms with Crippen molar-refractivity contribution < 1.29 is 23.1 Å². The molecule has 108 valence electrons. The van der Waals surface area contributed by atoms with E-state index in [-0.39, 0.29) is 12.6 Å². The third-order valence-electron chi connectivity index (χ3n) is 2.83. The molecule has 0 aromatic heterocycles. The molecule has 1 fully saturated rings. The fourth-order valence-corrected chi connectivity index (χ4v) is 1.93. The molecule has 0 spiro atoms. The lowest BCUT2D eigenvalue weighted by Crippen LogP contribution is -2.44. The number of hydrogen-bond donors (Lipinski definition) is 1. The van der Waals surface area contributed by atoms with Crippen LogP contribution in [0.15, 0.2) is 18.2 Å². The molecule has 1 aliphatic rings. The Bertz CT molecular complexity index is 548. The number of nitrogens with zero attached hydrogens (tertiary/aromatic N) is 1. The lowest BCUT2D eigenvalue weighted by atomic mass is 10.1. The van der Waals surface area contributed by atoms with Gasteiger partial charge in [0.1, 0.15) is 12.6 Å². The van der Waals surface area contributed by atoms with E-state index in [1.165, 1.54) is 6.07 Å². The number of cyclic esters (lactones) is 1. The van der Waals surface area contributed by atoms with E-state index in [2.05, 4.69) is 5.32 Å². The van der Waals surface area contributed by atoms with E-state index < -0.39 is 29.8 Å². The smallest absolute Gasteiger partial charge is 0.418 e. The van der Waals surface area contributed by atoms with Crippen molar-refractivity contribution in [2.45, 2.75) is 25.9 Å². The lowest BCUT2D eigenvalue weighted by Gasteiger charge is -2.21. The van der Waals surface area contributed by atoms with Crippen molar-refractivity contribution in [2.75, 3.05) is 6.61 Å². The van der Waals surface area contributed by atoms with E-state index in [1.807, 2.05) is 0 Å². The van der Waals surface area contributed by atoms with Crippen LogP contribution in [0.1, 0.15) is 25.5 Å². The minimum Gasteiger partial charge on any atom is -0.446 e. The van der Waals surface area contributed by atoms with Crippen molar-refractivity contribution in [3.8, 4) is 0 Å². The highest BCUT2D eigenvalue weighted by Gasteiger charge is 2.39. The van der Waals surface area contributed by atoms with Crippen molar-refractivity contribution in [3.63, 3.8) is 0 Å². The van der Waals surface area contributed by atoms with Crippen LogP contribution in [-0.2, 0) is 4.74 Å². The minimum absolute atomic E-state index is 0.0879. The maximum Gasteiger partial charge on any atom is 0.418 e. The van der Waals surface area contributed by atoms with Crippen molar-refractivity contribution in [1.82, 2.24) is 10.2 Å². The molecule has 2 rings (SSSR count). The van der Waals surface area contributed by atoms with Crippen molar-refractivity contribution in [1.29, 1.82) is 0 Å². The number of carbonyl (C=O) groups is 2. The molecule has 0 radical (unpaired) electrons. The van der Waals surface area contributed by atoms with E-state index >= 15 is 0 Å². The molecule has 0 saturated carbocycles. The van der Waals surface area contributed by atoms with Gasteiger partial charge in [-0.25, -0.2) is 23.3 Å². The quantitative estimate of drug-likeness (QED) is 0.908. The zero-order valence-corrected chi connectivity index (χ0v) is 11.0. The third kappa shape index (κ3) is 2.71. The highest BCUT2D eigenvalue weighted by Crippen LogP contribution is 2.28.